The van der Waals surface area contributed by atoms with Crippen molar-refractivity contribution in [3.05, 3.63) is 211 Å². The molecule has 8 rings (SSSR count). The molecule has 0 unspecified atom stereocenters. The van der Waals surface area contributed by atoms with E-state index in [0.717, 1.165) is 60.4 Å². The van der Waals surface area contributed by atoms with E-state index in [9.17, 15) is 18.4 Å². The van der Waals surface area contributed by atoms with Gasteiger partial charge in [-0.1, -0.05) is 94.9 Å². The van der Waals surface area contributed by atoms with Gasteiger partial charge in [-0.2, -0.15) is 0 Å². The maximum absolute atomic E-state index is 13.2. The highest BCUT2D eigenvalue weighted by Gasteiger charge is 2.29. The van der Waals surface area contributed by atoms with Gasteiger partial charge in [-0.15, -0.1) is 0 Å². The van der Waals surface area contributed by atoms with E-state index in [-0.39, 0.29) is 29.6 Å². The van der Waals surface area contributed by atoms with Gasteiger partial charge in [0.05, 0.1) is 12.1 Å². The van der Waals surface area contributed by atoms with Gasteiger partial charge in [0.2, 0.25) is 0 Å². The van der Waals surface area contributed by atoms with Crippen molar-refractivity contribution in [3.63, 3.8) is 0 Å². The lowest BCUT2D eigenvalue weighted by Gasteiger charge is -2.40. The molecule has 0 atom stereocenters. The van der Waals surface area contributed by atoms with E-state index in [4.69, 9.17) is 58.0 Å². The molecule has 13 heteroatoms. The first-order valence-electron chi connectivity index (χ1n) is 19.7. The number of piperazine rings is 2. The second-order valence-corrected chi connectivity index (χ2v) is 16.5. The second-order valence-electron chi connectivity index (χ2n) is 14.4. The molecule has 2 heterocycles. The number of benzene rings is 6. The number of halogens is 7. The third kappa shape index (κ3) is 13.3. The summed E-state index contributed by atoms with van der Waals surface area (Å²) in [5.41, 5.74) is 5.63. The Kier molecular flexibility index (Phi) is 17.1. The third-order valence-corrected chi connectivity index (χ3v) is 11.6. The molecule has 2 saturated heterocycles. The molecule has 0 aromatic heterocycles. The van der Waals surface area contributed by atoms with Crippen molar-refractivity contribution in [1.29, 1.82) is 0 Å². The van der Waals surface area contributed by atoms with Crippen LogP contribution in [0.2, 0.25) is 20.1 Å². The average Bonchev–Trinajstić information content (AvgIpc) is 3.28. The van der Waals surface area contributed by atoms with E-state index >= 15 is 0 Å². The molecule has 6 aromatic rings. The minimum absolute atomic E-state index is 0.0441. The predicted octanol–water partition coefficient (Wildman–Crippen LogP) is 11.9. The van der Waals surface area contributed by atoms with Crippen LogP contribution >= 0.6 is 58.0 Å². The Morgan fingerprint density at radius 1 is 0.443 bits per heavy atom. The topological polar surface area (TPSA) is 55.9 Å². The van der Waals surface area contributed by atoms with E-state index in [1.165, 1.54) is 59.7 Å². The lowest BCUT2D eigenvalue weighted by molar-refractivity contribution is 0.0597. The lowest BCUT2D eigenvalue weighted by Crippen LogP contribution is -2.49. The van der Waals surface area contributed by atoms with Gasteiger partial charge in [0, 0.05) is 83.6 Å². The number of carbonyl (C=O) groups excluding carboxylic acids is 2. The number of rotatable bonds is 8. The summed E-state index contributed by atoms with van der Waals surface area (Å²) in [6.07, 6.45) is 0. The SMILES string of the molecule is Clc1ccc(C(c2ccc(Cl)cc2)N2CCNCC2)cc1.O=C(Cl)c1ccc(F)cc1.O=C(c1ccc(F)cc1)N1CCN(C(c2ccc(Cl)cc2)c2ccc(Cl)cc2)CC1. The van der Waals surface area contributed by atoms with Crippen molar-refractivity contribution in [2.24, 2.45) is 0 Å². The van der Waals surface area contributed by atoms with Crippen LogP contribution in [-0.4, -0.2) is 78.2 Å². The summed E-state index contributed by atoms with van der Waals surface area (Å²) in [7, 11) is 0. The second kappa shape index (κ2) is 22.7. The van der Waals surface area contributed by atoms with Crippen LogP contribution in [0.15, 0.2) is 146 Å². The van der Waals surface area contributed by atoms with Crippen molar-refractivity contribution >= 4 is 69.2 Å². The quantitative estimate of drug-likeness (QED) is 0.154. The van der Waals surface area contributed by atoms with Crippen LogP contribution in [0.1, 0.15) is 55.1 Å². The molecule has 1 N–H and O–H groups in total. The summed E-state index contributed by atoms with van der Waals surface area (Å²) < 4.78 is 25.4. The number of hydrogen-bond acceptors (Lipinski definition) is 5. The molecule has 0 bridgehead atoms. The van der Waals surface area contributed by atoms with Gasteiger partial charge in [0.1, 0.15) is 11.6 Å². The molecular formula is C48H43Cl5F2N4O2. The highest BCUT2D eigenvalue weighted by molar-refractivity contribution is 6.67. The van der Waals surface area contributed by atoms with Gasteiger partial charge in [0.15, 0.2) is 0 Å². The molecule has 1 amide bonds. The van der Waals surface area contributed by atoms with E-state index in [1.54, 1.807) is 0 Å². The zero-order valence-corrected chi connectivity index (χ0v) is 36.8. The summed E-state index contributed by atoms with van der Waals surface area (Å²) in [5.74, 6) is -0.781. The Bertz CT molecular complexity index is 2210. The minimum atomic E-state index is -0.569. The first kappa shape index (κ1) is 46.2. The van der Waals surface area contributed by atoms with Crippen LogP contribution < -0.4 is 5.32 Å². The van der Waals surface area contributed by atoms with Crippen molar-refractivity contribution < 1.29 is 18.4 Å². The van der Waals surface area contributed by atoms with E-state index in [0.29, 0.717) is 34.3 Å². The van der Waals surface area contributed by atoms with E-state index < -0.39 is 5.24 Å². The van der Waals surface area contributed by atoms with Gasteiger partial charge in [-0.25, -0.2) is 8.78 Å². The molecule has 2 aliphatic heterocycles. The smallest absolute Gasteiger partial charge is 0.253 e. The first-order chi connectivity index (χ1) is 29.4. The molecule has 6 nitrogen and oxygen atoms in total. The van der Waals surface area contributed by atoms with Gasteiger partial charge in [0.25, 0.3) is 11.1 Å². The largest absolute Gasteiger partial charge is 0.336 e. The fourth-order valence-electron chi connectivity index (χ4n) is 7.29. The highest BCUT2D eigenvalue weighted by atomic mass is 35.5. The Labute approximate surface area is 380 Å². The fraction of sp³-hybridized carbons (Fsp3) is 0.208. The minimum Gasteiger partial charge on any atom is -0.336 e. The molecule has 0 spiro atoms. The third-order valence-electron chi connectivity index (χ3n) is 10.4. The molecule has 2 aliphatic rings. The summed E-state index contributed by atoms with van der Waals surface area (Å²) >= 11 is 29.3. The Balaban J connectivity index is 0.000000173. The molecule has 0 radical (unpaired) electrons. The van der Waals surface area contributed by atoms with E-state index in [1.807, 2.05) is 77.7 Å². The monoisotopic (exact) mass is 920 g/mol. The lowest BCUT2D eigenvalue weighted by atomic mass is 9.96. The number of amides is 1. The summed E-state index contributed by atoms with van der Waals surface area (Å²) in [6, 6.07) is 43.1. The zero-order chi connectivity index (χ0) is 43.3. The molecule has 316 valence electrons. The highest BCUT2D eigenvalue weighted by Crippen LogP contribution is 2.33. The van der Waals surface area contributed by atoms with Crippen molar-refractivity contribution in [3.8, 4) is 0 Å². The number of hydrogen-bond donors (Lipinski definition) is 1. The maximum atomic E-state index is 13.2. The summed E-state index contributed by atoms with van der Waals surface area (Å²) in [5, 5.41) is 5.78. The number of nitrogens with one attached hydrogen (secondary N) is 1. The van der Waals surface area contributed by atoms with Crippen LogP contribution in [0, 0.1) is 11.6 Å². The van der Waals surface area contributed by atoms with Crippen LogP contribution in [0.4, 0.5) is 8.78 Å². The molecular weight excluding hydrogens is 880 g/mol. The Hall–Kier alpha value is -4.35. The first-order valence-corrected chi connectivity index (χ1v) is 21.5. The number of nitrogens with zero attached hydrogens (tertiary/aromatic N) is 3. The van der Waals surface area contributed by atoms with Gasteiger partial charge in [-0.05, 0) is 131 Å². The molecule has 0 saturated carbocycles. The number of carbonyl (C=O) groups is 2. The maximum Gasteiger partial charge on any atom is 0.253 e. The van der Waals surface area contributed by atoms with Gasteiger partial charge < -0.3 is 10.2 Å². The van der Waals surface area contributed by atoms with Crippen molar-refractivity contribution in [2.45, 2.75) is 12.1 Å². The Morgan fingerprint density at radius 2 is 0.754 bits per heavy atom. The molecule has 6 aromatic carbocycles. The normalized spacial score (nSPS) is 14.5. The van der Waals surface area contributed by atoms with Crippen molar-refractivity contribution in [1.82, 2.24) is 20.0 Å². The van der Waals surface area contributed by atoms with Crippen LogP contribution in [-0.2, 0) is 0 Å². The summed E-state index contributed by atoms with van der Waals surface area (Å²) in [4.78, 5) is 29.8. The molecule has 2 fully saturated rings. The standard InChI is InChI=1S/C24H21Cl2FN2O.C17H18Cl2N2.C7H4ClFO/c25-20-7-1-17(2-8-20)23(18-3-9-21(26)10-4-18)28-13-15-29(16-14-28)24(30)19-5-11-22(27)12-6-19;18-15-5-1-13(2-6-15)17(21-11-9-20-10-12-21)14-3-7-16(19)8-4-14;8-7(10)5-1-3-6(9)4-2-5/h1-12,23H,13-16H2;1-8,17,20H,9-12H2;1-4H. The zero-order valence-electron chi connectivity index (χ0n) is 33.0. The van der Waals surface area contributed by atoms with Crippen molar-refractivity contribution in [2.75, 3.05) is 52.4 Å². The fourth-order valence-corrected chi connectivity index (χ4v) is 7.92. The van der Waals surface area contributed by atoms with Crippen LogP contribution in [0.25, 0.3) is 0 Å². The molecule has 0 aliphatic carbocycles. The predicted molar refractivity (Wildman–Crippen MR) is 244 cm³/mol. The summed E-state index contributed by atoms with van der Waals surface area (Å²) in [6.45, 7) is 6.79. The molecule has 61 heavy (non-hydrogen) atoms. The van der Waals surface area contributed by atoms with Crippen LogP contribution in [0.5, 0.6) is 0 Å². The van der Waals surface area contributed by atoms with Gasteiger partial charge >= 0.3 is 0 Å². The van der Waals surface area contributed by atoms with E-state index in [2.05, 4.69) is 39.4 Å². The van der Waals surface area contributed by atoms with Crippen LogP contribution in [0.3, 0.4) is 0 Å². The van der Waals surface area contributed by atoms with Gasteiger partial charge in [-0.3, -0.25) is 19.4 Å². The average molecular weight is 923 g/mol. The Morgan fingerprint density at radius 3 is 1.08 bits per heavy atom.